The van der Waals surface area contributed by atoms with E-state index in [0.29, 0.717) is 24.3 Å². The first kappa shape index (κ1) is 23.3. The molecule has 29 heavy (non-hydrogen) atoms. The van der Waals surface area contributed by atoms with E-state index in [2.05, 4.69) is 10.6 Å². The molecule has 9 heteroatoms. The van der Waals surface area contributed by atoms with E-state index in [-0.39, 0.29) is 29.3 Å². The Bertz CT molecular complexity index is 848. The van der Waals surface area contributed by atoms with Crippen LogP contribution in [-0.2, 0) is 19.6 Å². The number of sulfonamides is 1. The molecule has 162 valence electrons. The molecule has 0 spiro atoms. The Morgan fingerprint density at radius 1 is 1.21 bits per heavy atom. The Balaban J connectivity index is 2.08. The molecule has 1 atom stereocenters. The zero-order valence-corrected chi connectivity index (χ0v) is 18.7. The highest BCUT2D eigenvalue weighted by Gasteiger charge is 2.27. The summed E-state index contributed by atoms with van der Waals surface area (Å²) in [5.74, 6) is -0.403. The standard InChI is InChI=1S/C20H32N4O4S/c1-6-24(7-2)29(27,28)18-12-17(9-8-14(18)3)22-20(26)15(4)23(5)13-19(25)21-16-10-11-16/h8-9,12,15-16H,6-7,10-11,13H2,1-5H3,(H,21,25)(H,22,26)/t15-/m0/s1. The fourth-order valence-corrected chi connectivity index (χ4v) is 4.68. The lowest BCUT2D eigenvalue weighted by Crippen LogP contribution is -2.45. The Kier molecular flexibility index (Phi) is 7.79. The van der Waals surface area contributed by atoms with Gasteiger partial charge in [-0.3, -0.25) is 14.5 Å². The van der Waals surface area contributed by atoms with Gasteiger partial charge in [-0.05, 0) is 51.4 Å². The third-order valence-corrected chi connectivity index (χ3v) is 7.35. The zero-order valence-electron chi connectivity index (χ0n) is 17.9. The van der Waals surface area contributed by atoms with Crippen molar-refractivity contribution in [2.24, 2.45) is 0 Å². The van der Waals surface area contributed by atoms with E-state index in [9.17, 15) is 18.0 Å². The second-order valence-corrected chi connectivity index (χ2v) is 9.40. The average Bonchev–Trinajstić information content (AvgIpc) is 3.46. The minimum Gasteiger partial charge on any atom is -0.352 e. The predicted octanol–water partition coefficient (Wildman–Crippen LogP) is 1.56. The summed E-state index contributed by atoms with van der Waals surface area (Å²) >= 11 is 0. The second kappa shape index (κ2) is 9.69. The van der Waals surface area contributed by atoms with E-state index < -0.39 is 16.1 Å². The molecule has 1 aliphatic carbocycles. The van der Waals surface area contributed by atoms with Gasteiger partial charge in [0.15, 0.2) is 0 Å². The van der Waals surface area contributed by atoms with Crippen molar-refractivity contribution in [2.75, 3.05) is 32.0 Å². The second-order valence-electron chi connectivity index (χ2n) is 7.49. The minimum atomic E-state index is -3.63. The first-order valence-electron chi connectivity index (χ1n) is 10.0. The van der Waals surface area contributed by atoms with Crippen molar-refractivity contribution in [1.82, 2.24) is 14.5 Å². The lowest BCUT2D eigenvalue weighted by molar-refractivity contribution is -0.124. The molecule has 0 unspecified atom stereocenters. The summed E-state index contributed by atoms with van der Waals surface area (Å²) in [6.07, 6.45) is 2.02. The highest BCUT2D eigenvalue weighted by Crippen LogP contribution is 2.24. The summed E-state index contributed by atoms with van der Waals surface area (Å²) in [4.78, 5) is 26.4. The van der Waals surface area contributed by atoms with Gasteiger partial charge in [-0.25, -0.2) is 8.42 Å². The number of carbonyl (C=O) groups is 2. The molecular weight excluding hydrogens is 392 g/mol. The summed E-state index contributed by atoms with van der Waals surface area (Å²) in [6, 6.07) is 4.58. The van der Waals surface area contributed by atoms with Gasteiger partial charge in [-0.1, -0.05) is 19.9 Å². The first-order chi connectivity index (χ1) is 13.6. The highest BCUT2D eigenvalue weighted by molar-refractivity contribution is 7.89. The van der Waals surface area contributed by atoms with Crippen molar-refractivity contribution in [2.45, 2.75) is 57.5 Å². The number of nitrogens with zero attached hydrogens (tertiary/aromatic N) is 2. The van der Waals surface area contributed by atoms with E-state index >= 15 is 0 Å². The Morgan fingerprint density at radius 2 is 1.83 bits per heavy atom. The number of rotatable bonds is 10. The molecule has 1 fully saturated rings. The summed E-state index contributed by atoms with van der Waals surface area (Å²) in [7, 11) is -1.92. The van der Waals surface area contributed by atoms with E-state index in [4.69, 9.17) is 0 Å². The molecule has 0 heterocycles. The molecule has 1 aromatic carbocycles. The summed E-state index contributed by atoms with van der Waals surface area (Å²) in [5.41, 5.74) is 1.03. The normalized spacial score (nSPS) is 15.4. The molecule has 0 saturated heterocycles. The van der Waals surface area contributed by atoms with Crippen molar-refractivity contribution >= 4 is 27.5 Å². The number of hydrogen-bond acceptors (Lipinski definition) is 5. The fraction of sp³-hybridized carbons (Fsp3) is 0.600. The van der Waals surface area contributed by atoms with Crippen molar-refractivity contribution in [1.29, 1.82) is 0 Å². The lowest BCUT2D eigenvalue weighted by Gasteiger charge is -2.24. The third kappa shape index (κ3) is 6.01. The van der Waals surface area contributed by atoms with Crippen LogP contribution in [0.25, 0.3) is 0 Å². The molecule has 1 aliphatic rings. The van der Waals surface area contributed by atoms with Crippen LogP contribution in [0.2, 0.25) is 0 Å². The van der Waals surface area contributed by atoms with E-state index in [1.807, 2.05) is 0 Å². The van der Waals surface area contributed by atoms with Crippen LogP contribution < -0.4 is 10.6 Å². The quantitative estimate of drug-likeness (QED) is 0.594. The van der Waals surface area contributed by atoms with Crippen LogP contribution in [0.3, 0.4) is 0 Å². The summed E-state index contributed by atoms with van der Waals surface area (Å²) < 4.78 is 27.1. The number of anilines is 1. The summed E-state index contributed by atoms with van der Waals surface area (Å²) in [6.45, 7) is 7.90. The minimum absolute atomic E-state index is 0.0995. The molecule has 2 rings (SSSR count). The maximum Gasteiger partial charge on any atom is 0.243 e. The molecule has 0 aromatic heterocycles. The molecular formula is C20H32N4O4S. The highest BCUT2D eigenvalue weighted by atomic mass is 32.2. The molecule has 2 N–H and O–H groups in total. The lowest BCUT2D eigenvalue weighted by atomic mass is 10.2. The number of likely N-dealkylation sites (N-methyl/N-ethyl adjacent to an activating group) is 1. The van der Waals surface area contributed by atoms with Gasteiger partial charge in [0.05, 0.1) is 17.5 Å². The van der Waals surface area contributed by atoms with Crippen LogP contribution in [0.4, 0.5) is 5.69 Å². The molecule has 1 saturated carbocycles. The van der Waals surface area contributed by atoms with Gasteiger partial charge < -0.3 is 10.6 Å². The smallest absolute Gasteiger partial charge is 0.243 e. The third-order valence-electron chi connectivity index (χ3n) is 5.15. The molecule has 8 nitrogen and oxygen atoms in total. The first-order valence-corrected chi connectivity index (χ1v) is 11.4. The number of aryl methyl sites for hydroxylation is 1. The van der Waals surface area contributed by atoms with E-state index in [1.54, 1.807) is 51.8 Å². The van der Waals surface area contributed by atoms with Crippen LogP contribution in [0.5, 0.6) is 0 Å². The predicted molar refractivity (Wildman–Crippen MR) is 113 cm³/mol. The van der Waals surface area contributed by atoms with Gasteiger partial charge >= 0.3 is 0 Å². The number of benzene rings is 1. The Labute approximate surface area is 173 Å². The maximum atomic E-state index is 12.9. The van der Waals surface area contributed by atoms with Gasteiger partial charge in [0.2, 0.25) is 21.8 Å². The molecule has 2 amide bonds. The van der Waals surface area contributed by atoms with Crippen LogP contribution in [0.1, 0.15) is 39.2 Å². The maximum absolute atomic E-state index is 12.9. The molecule has 1 aromatic rings. The summed E-state index contributed by atoms with van der Waals surface area (Å²) in [5, 5.41) is 5.66. The number of nitrogens with one attached hydrogen (secondary N) is 2. The van der Waals surface area contributed by atoms with Crippen LogP contribution >= 0.6 is 0 Å². The van der Waals surface area contributed by atoms with Gasteiger partial charge in [0.1, 0.15) is 0 Å². The van der Waals surface area contributed by atoms with Crippen LogP contribution in [-0.4, -0.2) is 68.2 Å². The Hall–Kier alpha value is -1.97. The molecule has 0 bridgehead atoms. The Morgan fingerprint density at radius 3 is 2.38 bits per heavy atom. The van der Waals surface area contributed by atoms with Crippen LogP contribution in [0.15, 0.2) is 23.1 Å². The van der Waals surface area contributed by atoms with Gasteiger partial charge in [-0.15, -0.1) is 0 Å². The molecule has 0 aliphatic heterocycles. The van der Waals surface area contributed by atoms with Gasteiger partial charge in [0.25, 0.3) is 0 Å². The largest absolute Gasteiger partial charge is 0.352 e. The average molecular weight is 425 g/mol. The monoisotopic (exact) mass is 424 g/mol. The van der Waals surface area contributed by atoms with Crippen LogP contribution in [0, 0.1) is 6.92 Å². The van der Waals surface area contributed by atoms with Gasteiger partial charge in [-0.2, -0.15) is 4.31 Å². The van der Waals surface area contributed by atoms with E-state index in [0.717, 1.165) is 12.8 Å². The molecule has 0 radical (unpaired) electrons. The number of hydrogen-bond donors (Lipinski definition) is 2. The van der Waals surface area contributed by atoms with E-state index in [1.165, 1.54) is 10.4 Å². The fourth-order valence-electron chi connectivity index (χ4n) is 2.97. The van der Waals surface area contributed by atoms with Crippen molar-refractivity contribution in [3.63, 3.8) is 0 Å². The number of carbonyl (C=O) groups excluding carboxylic acids is 2. The van der Waals surface area contributed by atoms with Crippen molar-refractivity contribution in [3.05, 3.63) is 23.8 Å². The SMILES string of the molecule is CCN(CC)S(=O)(=O)c1cc(NC(=O)[C@H](C)N(C)CC(=O)NC2CC2)ccc1C. The topological polar surface area (TPSA) is 98.8 Å². The van der Waals surface area contributed by atoms with Crippen molar-refractivity contribution < 1.29 is 18.0 Å². The number of amides is 2. The van der Waals surface area contributed by atoms with Crippen molar-refractivity contribution in [3.8, 4) is 0 Å². The van der Waals surface area contributed by atoms with Gasteiger partial charge in [0, 0.05) is 24.8 Å². The zero-order chi connectivity index (χ0) is 21.8.